The maximum Gasteiger partial charge on any atom is 0.317 e. The second-order valence-corrected chi connectivity index (χ2v) is 7.11. The molecule has 1 aromatic heterocycles. The van der Waals surface area contributed by atoms with Crippen LogP contribution in [0.4, 0.5) is 4.79 Å². The first-order chi connectivity index (χ1) is 13.0. The Morgan fingerprint density at radius 2 is 2.19 bits per heavy atom. The van der Waals surface area contributed by atoms with E-state index in [1.165, 1.54) is 0 Å². The van der Waals surface area contributed by atoms with Crippen molar-refractivity contribution in [3.8, 4) is 5.75 Å². The minimum Gasteiger partial charge on any atom is -0.489 e. The van der Waals surface area contributed by atoms with Crippen LogP contribution in [0, 0.1) is 6.92 Å². The van der Waals surface area contributed by atoms with Gasteiger partial charge in [0.1, 0.15) is 18.5 Å². The van der Waals surface area contributed by atoms with E-state index in [2.05, 4.69) is 10.3 Å². The topological polar surface area (TPSA) is 63.7 Å². The van der Waals surface area contributed by atoms with Crippen molar-refractivity contribution >= 4 is 29.2 Å². The van der Waals surface area contributed by atoms with Crippen LogP contribution in [0.25, 0.3) is 0 Å². The Labute approximate surface area is 168 Å². The molecule has 0 saturated carbocycles. The summed E-state index contributed by atoms with van der Waals surface area (Å²) in [5.74, 6) is 0.686. The molecular formula is C19H21Cl2N3O3. The van der Waals surface area contributed by atoms with Crippen LogP contribution >= 0.6 is 23.2 Å². The number of hydrogen-bond acceptors (Lipinski definition) is 4. The van der Waals surface area contributed by atoms with Gasteiger partial charge in [-0.2, -0.15) is 0 Å². The average molecular weight is 410 g/mol. The van der Waals surface area contributed by atoms with Crippen molar-refractivity contribution in [2.45, 2.75) is 19.6 Å². The summed E-state index contributed by atoms with van der Waals surface area (Å²) in [6.07, 6.45) is 1.50. The summed E-state index contributed by atoms with van der Waals surface area (Å²) in [6, 6.07) is 8.90. The number of hydrogen-bond donors (Lipinski definition) is 1. The van der Waals surface area contributed by atoms with Gasteiger partial charge >= 0.3 is 6.03 Å². The molecule has 144 valence electrons. The number of urea groups is 1. The van der Waals surface area contributed by atoms with E-state index in [-0.39, 0.29) is 12.1 Å². The van der Waals surface area contributed by atoms with Crippen LogP contribution in [0.15, 0.2) is 36.5 Å². The van der Waals surface area contributed by atoms with E-state index < -0.39 is 0 Å². The van der Waals surface area contributed by atoms with Crippen molar-refractivity contribution in [1.82, 2.24) is 15.2 Å². The normalized spacial score (nSPS) is 16.9. The lowest BCUT2D eigenvalue weighted by molar-refractivity contribution is -0.0352. The monoisotopic (exact) mass is 409 g/mol. The fourth-order valence-electron chi connectivity index (χ4n) is 2.67. The molecular weight excluding hydrogens is 389 g/mol. The maximum absolute atomic E-state index is 12.4. The smallest absolute Gasteiger partial charge is 0.317 e. The largest absolute Gasteiger partial charge is 0.489 e. The lowest BCUT2D eigenvalue weighted by atomic mass is 10.2. The van der Waals surface area contributed by atoms with Gasteiger partial charge in [0.25, 0.3) is 0 Å². The Kier molecular flexibility index (Phi) is 6.77. The molecule has 1 N–H and O–H groups in total. The summed E-state index contributed by atoms with van der Waals surface area (Å²) in [5.41, 5.74) is 1.82. The highest BCUT2D eigenvalue weighted by Crippen LogP contribution is 2.22. The van der Waals surface area contributed by atoms with Gasteiger partial charge in [0, 0.05) is 18.8 Å². The van der Waals surface area contributed by atoms with Crippen molar-refractivity contribution in [2.24, 2.45) is 0 Å². The van der Waals surface area contributed by atoms with Crippen LogP contribution in [0.1, 0.15) is 11.3 Å². The van der Waals surface area contributed by atoms with E-state index in [0.717, 1.165) is 11.3 Å². The Hall–Kier alpha value is -2.02. The first-order valence-electron chi connectivity index (χ1n) is 8.65. The van der Waals surface area contributed by atoms with Crippen LogP contribution in [0.3, 0.4) is 0 Å². The highest BCUT2D eigenvalue weighted by atomic mass is 35.5. The molecule has 2 aromatic rings. The van der Waals surface area contributed by atoms with E-state index >= 15 is 0 Å². The van der Waals surface area contributed by atoms with E-state index in [9.17, 15) is 4.79 Å². The number of aromatic nitrogens is 1. The van der Waals surface area contributed by atoms with Crippen molar-refractivity contribution in [3.63, 3.8) is 0 Å². The highest BCUT2D eigenvalue weighted by Gasteiger charge is 2.24. The van der Waals surface area contributed by atoms with Crippen LogP contribution in [-0.2, 0) is 11.3 Å². The second-order valence-electron chi connectivity index (χ2n) is 6.29. The molecule has 2 heterocycles. The summed E-state index contributed by atoms with van der Waals surface area (Å²) in [5, 5.41) is 3.86. The summed E-state index contributed by atoms with van der Waals surface area (Å²) in [4.78, 5) is 18.3. The third-order valence-electron chi connectivity index (χ3n) is 4.17. The number of ether oxygens (including phenoxy) is 2. The number of pyridine rings is 1. The van der Waals surface area contributed by atoms with E-state index in [0.29, 0.717) is 48.6 Å². The average Bonchev–Trinajstić information content (AvgIpc) is 2.68. The zero-order chi connectivity index (χ0) is 19.2. The molecule has 0 spiro atoms. The molecule has 0 bridgehead atoms. The number of carbonyl (C=O) groups is 1. The second kappa shape index (κ2) is 9.26. The van der Waals surface area contributed by atoms with E-state index in [1.54, 1.807) is 23.2 Å². The van der Waals surface area contributed by atoms with Gasteiger partial charge in [-0.3, -0.25) is 4.98 Å². The van der Waals surface area contributed by atoms with Gasteiger partial charge < -0.3 is 19.7 Å². The van der Waals surface area contributed by atoms with E-state index in [4.69, 9.17) is 32.7 Å². The molecule has 0 radical (unpaired) electrons. The summed E-state index contributed by atoms with van der Waals surface area (Å²) in [6.45, 7) is 4.13. The minimum absolute atomic E-state index is 0.147. The van der Waals surface area contributed by atoms with Crippen molar-refractivity contribution < 1.29 is 14.3 Å². The molecule has 1 aliphatic heterocycles. The zero-order valence-electron chi connectivity index (χ0n) is 15.0. The van der Waals surface area contributed by atoms with Gasteiger partial charge in [-0.05, 0) is 36.8 Å². The standard InChI is InChI=1S/C19H21Cl2N3O3/c1-13-2-4-15(10-22-13)27-12-16-11-24(6-7-26-16)19(25)23-9-14-3-5-17(20)18(21)8-14/h2-5,8,10,16H,6-7,9,11-12H2,1H3,(H,23,25). The lowest BCUT2D eigenvalue weighted by Gasteiger charge is -2.32. The van der Waals surface area contributed by atoms with Gasteiger partial charge in [-0.1, -0.05) is 29.3 Å². The number of carbonyl (C=O) groups excluding carboxylic acids is 1. The summed E-state index contributed by atoms with van der Waals surface area (Å²) >= 11 is 11.9. The van der Waals surface area contributed by atoms with Gasteiger partial charge in [-0.15, -0.1) is 0 Å². The molecule has 27 heavy (non-hydrogen) atoms. The number of nitrogens with zero attached hydrogens (tertiary/aromatic N) is 2. The molecule has 1 fully saturated rings. The molecule has 1 aromatic carbocycles. The molecule has 1 saturated heterocycles. The molecule has 3 rings (SSSR count). The number of amides is 2. The number of aryl methyl sites for hydroxylation is 1. The predicted octanol–water partition coefficient (Wildman–Crippen LogP) is 3.69. The first-order valence-corrected chi connectivity index (χ1v) is 9.40. The molecule has 1 aliphatic rings. The Morgan fingerprint density at radius 3 is 2.93 bits per heavy atom. The van der Waals surface area contributed by atoms with Crippen LogP contribution in [0.2, 0.25) is 10.0 Å². The molecule has 1 atom stereocenters. The molecule has 2 amide bonds. The summed E-state index contributed by atoms with van der Waals surface area (Å²) in [7, 11) is 0. The molecule has 8 heteroatoms. The maximum atomic E-state index is 12.4. The van der Waals surface area contributed by atoms with Crippen LogP contribution < -0.4 is 10.1 Å². The van der Waals surface area contributed by atoms with Crippen molar-refractivity contribution in [2.75, 3.05) is 26.3 Å². The van der Waals surface area contributed by atoms with Crippen molar-refractivity contribution in [3.05, 3.63) is 57.8 Å². The van der Waals surface area contributed by atoms with E-state index in [1.807, 2.05) is 25.1 Å². The van der Waals surface area contributed by atoms with Crippen LogP contribution in [-0.4, -0.2) is 48.3 Å². The number of morpholine rings is 1. The Balaban J connectivity index is 1.47. The lowest BCUT2D eigenvalue weighted by Crippen LogP contribution is -2.50. The quantitative estimate of drug-likeness (QED) is 0.817. The van der Waals surface area contributed by atoms with Gasteiger partial charge in [0.15, 0.2) is 0 Å². The van der Waals surface area contributed by atoms with Gasteiger partial charge in [-0.25, -0.2) is 4.79 Å². The number of halogens is 2. The fourth-order valence-corrected chi connectivity index (χ4v) is 2.99. The Morgan fingerprint density at radius 1 is 1.33 bits per heavy atom. The summed E-state index contributed by atoms with van der Waals surface area (Å²) < 4.78 is 11.4. The number of benzene rings is 1. The predicted molar refractivity (Wildman–Crippen MR) is 104 cm³/mol. The van der Waals surface area contributed by atoms with Crippen molar-refractivity contribution in [1.29, 1.82) is 0 Å². The third-order valence-corrected chi connectivity index (χ3v) is 4.91. The number of rotatable bonds is 5. The number of nitrogens with one attached hydrogen (secondary N) is 1. The highest BCUT2D eigenvalue weighted by molar-refractivity contribution is 6.42. The fraction of sp³-hybridized carbons (Fsp3) is 0.368. The van der Waals surface area contributed by atoms with Gasteiger partial charge in [0.2, 0.25) is 0 Å². The Bertz CT molecular complexity index is 786. The molecule has 0 aliphatic carbocycles. The third kappa shape index (κ3) is 5.73. The van der Waals surface area contributed by atoms with Gasteiger partial charge in [0.05, 0.1) is 29.4 Å². The molecule has 1 unspecified atom stereocenters. The van der Waals surface area contributed by atoms with Crippen LogP contribution in [0.5, 0.6) is 5.75 Å². The minimum atomic E-state index is -0.184. The first kappa shape index (κ1) is 19.7. The SMILES string of the molecule is Cc1ccc(OCC2CN(C(=O)NCc3ccc(Cl)c(Cl)c3)CCO2)cn1. The zero-order valence-corrected chi connectivity index (χ0v) is 16.5. The molecule has 6 nitrogen and oxygen atoms in total.